The lowest BCUT2D eigenvalue weighted by Crippen LogP contribution is -2.35. The normalized spacial score (nSPS) is 21.7. The Hall–Kier alpha value is -2.73. The first-order chi connectivity index (χ1) is 13.9. The SMILES string of the molecule is COC(=O)C1=C(C)NC2=C(C(=O)C[C@@H](c3ccc(F)cc3)C2)[C@H]1c1ccc(C)s1. The first kappa shape index (κ1) is 19.6. The van der Waals surface area contributed by atoms with Crippen LogP contribution in [0.3, 0.4) is 0 Å². The topological polar surface area (TPSA) is 55.4 Å². The number of benzene rings is 1. The highest BCUT2D eigenvalue weighted by molar-refractivity contribution is 7.12. The van der Waals surface area contributed by atoms with Gasteiger partial charge in [-0.2, -0.15) is 0 Å². The zero-order valence-electron chi connectivity index (χ0n) is 16.5. The van der Waals surface area contributed by atoms with Crippen molar-refractivity contribution in [3.8, 4) is 0 Å². The molecule has 0 bridgehead atoms. The zero-order chi connectivity index (χ0) is 20.7. The smallest absolute Gasteiger partial charge is 0.336 e. The molecule has 0 spiro atoms. The van der Waals surface area contributed by atoms with Crippen molar-refractivity contribution in [1.29, 1.82) is 0 Å². The summed E-state index contributed by atoms with van der Waals surface area (Å²) in [6.07, 6.45) is 0.972. The quantitative estimate of drug-likeness (QED) is 0.742. The second-order valence-electron chi connectivity index (χ2n) is 7.51. The fourth-order valence-electron chi connectivity index (χ4n) is 4.28. The van der Waals surface area contributed by atoms with Gasteiger partial charge in [0.25, 0.3) is 0 Å². The molecule has 2 aliphatic rings. The first-order valence-electron chi connectivity index (χ1n) is 9.53. The monoisotopic (exact) mass is 411 g/mol. The molecule has 1 aliphatic heterocycles. The Morgan fingerprint density at radius 1 is 1.14 bits per heavy atom. The molecule has 6 heteroatoms. The first-order valence-corrected chi connectivity index (χ1v) is 10.3. The molecule has 0 amide bonds. The van der Waals surface area contributed by atoms with Crippen molar-refractivity contribution >= 4 is 23.1 Å². The summed E-state index contributed by atoms with van der Waals surface area (Å²) < 4.78 is 18.3. The average molecular weight is 411 g/mol. The summed E-state index contributed by atoms with van der Waals surface area (Å²) in [5.41, 5.74) is 3.63. The maximum Gasteiger partial charge on any atom is 0.336 e. The zero-order valence-corrected chi connectivity index (χ0v) is 17.4. The Bertz CT molecular complexity index is 1050. The molecular formula is C23H22FNO3S. The molecule has 2 aromatic rings. The molecule has 1 aliphatic carbocycles. The number of Topliss-reactive ketones (excluding diaryl/α,β-unsaturated/α-hetero) is 1. The molecule has 4 nitrogen and oxygen atoms in total. The van der Waals surface area contributed by atoms with Crippen molar-refractivity contribution in [2.45, 2.75) is 38.5 Å². The van der Waals surface area contributed by atoms with E-state index in [1.807, 2.05) is 26.0 Å². The van der Waals surface area contributed by atoms with E-state index in [9.17, 15) is 14.0 Å². The molecular weight excluding hydrogens is 389 g/mol. The van der Waals surface area contributed by atoms with Gasteiger partial charge in [0, 0.05) is 33.1 Å². The summed E-state index contributed by atoms with van der Waals surface area (Å²) in [4.78, 5) is 28.0. The summed E-state index contributed by atoms with van der Waals surface area (Å²) in [6.45, 7) is 3.85. The van der Waals surface area contributed by atoms with Crippen molar-refractivity contribution in [1.82, 2.24) is 5.32 Å². The Kier molecular flexibility index (Phi) is 5.13. The minimum absolute atomic E-state index is 0.0121. The van der Waals surface area contributed by atoms with Crippen LogP contribution < -0.4 is 5.32 Å². The van der Waals surface area contributed by atoms with Gasteiger partial charge in [0.15, 0.2) is 5.78 Å². The van der Waals surface area contributed by atoms with Crippen LogP contribution in [0.4, 0.5) is 4.39 Å². The van der Waals surface area contributed by atoms with Crippen LogP contribution in [-0.4, -0.2) is 18.9 Å². The van der Waals surface area contributed by atoms with Crippen molar-refractivity contribution in [2.24, 2.45) is 0 Å². The summed E-state index contributed by atoms with van der Waals surface area (Å²) in [6, 6.07) is 10.3. The molecule has 4 rings (SSSR count). The number of thiophene rings is 1. The van der Waals surface area contributed by atoms with Gasteiger partial charge >= 0.3 is 5.97 Å². The van der Waals surface area contributed by atoms with E-state index in [1.165, 1.54) is 19.2 Å². The molecule has 2 heterocycles. The number of allylic oxidation sites excluding steroid dienone is 3. The van der Waals surface area contributed by atoms with E-state index in [2.05, 4.69) is 5.32 Å². The third-order valence-electron chi connectivity index (χ3n) is 5.62. The highest BCUT2D eigenvalue weighted by Crippen LogP contribution is 2.47. The number of methoxy groups -OCH3 is 1. The summed E-state index contributed by atoms with van der Waals surface area (Å²) in [5.74, 6) is -1.14. The Morgan fingerprint density at radius 3 is 2.48 bits per heavy atom. The van der Waals surface area contributed by atoms with Crippen molar-refractivity contribution in [3.63, 3.8) is 0 Å². The number of ketones is 1. The third-order valence-corrected chi connectivity index (χ3v) is 6.69. The number of dihydropyridines is 1. The van der Waals surface area contributed by atoms with Gasteiger partial charge in [-0.1, -0.05) is 12.1 Å². The van der Waals surface area contributed by atoms with Crippen LogP contribution >= 0.6 is 11.3 Å². The largest absolute Gasteiger partial charge is 0.466 e. The number of carbonyl (C=O) groups excluding carboxylic acids is 2. The van der Waals surface area contributed by atoms with Gasteiger partial charge in [-0.3, -0.25) is 4.79 Å². The number of esters is 1. The van der Waals surface area contributed by atoms with Crippen LogP contribution in [0, 0.1) is 12.7 Å². The number of aryl methyl sites for hydroxylation is 1. The summed E-state index contributed by atoms with van der Waals surface area (Å²) in [5, 5.41) is 3.30. The lowest BCUT2D eigenvalue weighted by molar-refractivity contribution is -0.136. The molecule has 1 aromatic carbocycles. The highest BCUT2D eigenvalue weighted by atomic mass is 32.1. The third kappa shape index (κ3) is 3.53. The lowest BCUT2D eigenvalue weighted by atomic mass is 9.73. The predicted molar refractivity (Wildman–Crippen MR) is 110 cm³/mol. The fraction of sp³-hybridized carbons (Fsp3) is 0.304. The van der Waals surface area contributed by atoms with Gasteiger partial charge in [0.05, 0.1) is 18.6 Å². The van der Waals surface area contributed by atoms with Gasteiger partial charge in [0.2, 0.25) is 0 Å². The molecule has 0 saturated heterocycles. The number of nitrogens with one attached hydrogen (secondary N) is 1. The van der Waals surface area contributed by atoms with E-state index < -0.39 is 11.9 Å². The predicted octanol–water partition coefficient (Wildman–Crippen LogP) is 4.73. The molecule has 0 unspecified atom stereocenters. The van der Waals surface area contributed by atoms with Crippen molar-refractivity contribution < 1.29 is 18.7 Å². The van der Waals surface area contributed by atoms with Gasteiger partial charge in [-0.05, 0) is 56.0 Å². The Labute approximate surface area is 173 Å². The second-order valence-corrected chi connectivity index (χ2v) is 8.83. The maximum absolute atomic E-state index is 13.3. The van der Waals surface area contributed by atoms with Crippen LogP contribution in [0.1, 0.15) is 46.9 Å². The van der Waals surface area contributed by atoms with E-state index >= 15 is 0 Å². The average Bonchev–Trinajstić information content (AvgIpc) is 3.12. The van der Waals surface area contributed by atoms with E-state index in [0.717, 1.165) is 21.0 Å². The lowest BCUT2D eigenvalue weighted by Gasteiger charge is -2.36. The molecule has 0 radical (unpaired) electrons. The van der Waals surface area contributed by atoms with Crippen LogP contribution in [-0.2, 0) is 14.3 Å². The van der Waals surface area contributed by atoms with Gasteiger partial charge in [0.1, 0.15) is 5.82 Å². The number of hydrogen-bond donors (Lipinski definition) is 1. The van der Waals surface area contributed by atoms with Crippen molar-refractivity contribution in [2.75, 3.05) is 7.11 Å². The second kappa shape index (κ2) is 7.59. The Balaban J connectivity index is 1.78. The highest BCUT2D eigenvalue weighted by Gasteiger charge is 2.41. The molecule has 29 heavy (non-hydrogen) atoms. The van der Waals surface area contributed by atoms with E-state index in [0.29, 0.717) is 29.7 Å². The fourth-order valence-corrected chi connectivity index (χ4v) is 5.28. The number of hydrogen-bond acceptors (Lipinski definition) is 5. The molecule has 0 fully saturated rings. The molecule has 1 N–H and O–H groups in total. The molecule has 150 valence electrons. The summed E-state index contributed by atoms with van der Waals surface area (Å²) >= 11 is 1.59. The molecule has 2 atom stereocenters. The molecule has 0 saturated carbocycles. The van der Waals surface area contributed by atoms with Crippen molar-refractivity contribution in [3.05, 3.63) is 80.1 Å². The van der Waals surface area contributed by atoms with Gasteiger partial charge in [-0.25, -0.2) is 9.18 Å². The minimum Gasteiger partial charge on any atom is -0.466 e. The number of carbonyl (C=O) groups is 2. The van der Waals surface area contributed by atoms with Crippen LogP contribution in [0.5, 0.6) is 0 Å². The van der Waals surface area contributed by atoms with E-state index in [4.69, 9.17) is 4.74 Å². The minimum atomic E-state index is -0.425. The van der Waals surface area contributed by atoms with Crippen LogP contribution in [0.2, 0.25) is 0 Å². The number of ether oxygens (including phenoxy) is 1. The number of rotatable bonds is 3. The summed E-state index contributed by atoms with van der Waals surface area (Å²) in [7, 11) is 1.36. The van der Waals surface area contributed by atoms with Gasteiger partial charge < -0.3 is 10.1 Å². The van der Waals surface area contributed by atoms with Crippen LogP contribution in [0.15, 0.2) is 58.9 Å². The van der Waals surface area contributed by atoms with Gasteiger partial charge in [-0.15, -0.1) is 11.3 Å². The van der Waals surface area contributed by atoms with E-state index in [1.54, 1.807) is 23.5 Å². The number of halogens is 1. The van der Waals surface area contributed by atoms with Crippen LogP contribution in [0.25, 0.3) is 0 Å². The standard InChI is InChI=1S/C23H22FNO3S/c1-12-4-9-19(29-12)22-20(23(27)28-3)13(2)25-17-10-15(11-18(26)21(17)22)14-5-7-16(24)8-6-14/h4-9,15,22,25H,10-11H2,1-3H3/t15-,22-/m0/s1. The maximum atomic E-state index is 13.3. The Morgan fingerprint density at radius 2 is 1.86 bits per heavy atom. The molecule has 1 aromatic heterocycles. The van der Waals surface area contributed by atoms with E-state index in [-0.39, 0.29) is 17.5 Å².